The summed E-state index contributed by atoms with van der Waals surface area (Å²) in [7, 11) is 0. The van der Waals surface area contributed by atoms with E-state index in [0.29, 0.717) is 17.2 Å². The van der Waals surface area contributed by atoms with Crippen LogP contribution in [0.4, 0.5) is 0 Å². The van der Waals surface area contributed by atoms with Crippen LogP contribution in [-0.2, 0) is 0 Å². The fourth-order valence-electron chi connectivity index (χ4n) is 1.27. The number of rotatable bonds is 1. The molecule has 4 heteroatoms. The summed E-state index contributed by atoms with van der Waals surface area (Å²) >= 11 is 0. The normalized spacial score (nSPS) is 9.60. The summed E-state index contributed by atoms with van der Waals surface area (Å²) in [6.07, 6.45) is 1.69. The fraction of sp³-hybridized carbons (Fsp3) is 0.0909. The van der Waals surface area contributed by atoms with E-state index in [9.17, 15) is 0 Å². The number of nitriles is 1. The van der Waals surface area contributed by atoms with Crippen molar-refractivity contribution in [1.29, 1.82) is 5.26 Å². The molecule has 0 aliphatic rings. The molecule has 0 unspecified atom stereocenters. The Hall–Kier alpha value is -2.28. The summed E-state index contributed by atoms with van der Waals surface area (Å²) in [4.78, 5) is 12.4. The molecule has 2 aromatic heterocycles. The Morgan fingerprint density at radius 2 is 2.07 bits per heavy atom. The molecule has 0 bridgehead atoms. The van der Waals surface area contributed by atoms with Gasteiger partial charge in [0.25, 0.3) is 0 Å². The molecule has 0 radical (unpaired) electrons. The van der Waals surface area contributed by atoms with E-state index in [2.05, 4.69) is 15.0 Å². The van der Waals surface area contributed by atoms with Crippen molar-refractivity contribution < 1.29 is 0 Å². The Bertz CT molecular complexity index is 514. The molecular weight excluding hydrogens is 188 g/mol. The highest BCUT2D eigenvalue weighted by Gasteiger charge is 2.03. The van der Waals surface area contributed by atoms with Gasteiger partial charge in [0.2, 0.25) is 0 Å². The molecule has 0 saturated heterocycles. The summed E-state index contributed by atoms with van der Waals surface area (Å²) < 4.78 is 0. The largest absolute Gasteiger partial charge is 0.255 e. The van der Waals surface area contributed by atoms with Gasteiger partial charge in [-0.1, -0.05) is 6.07 Å². The standard InChI is InChI=1S/C11H8N4/c1-8-14-9(7-12)6-11(15-8)10-4-2-3-5-13-10/h2-6H,1H3. The van der Waals surface area contributed by atoms with Crippen molar-refractivity contribution in [3.05, 3.63) is 42.0 Å². The number of aryl methyl sites for hydroxylation is 1. The van der Waals surface area contributed by atoms with Gasteiger partial charge in [0, 0.05) is 12.3 Å². The summed E-state index contributed by atoms with van der Waals surface area (Å²) in [5, 5.41) is 8.77. The molecule has 2 heterocycles. The lowest BCUT2D eigenvalue weighted by molar-refractivity contribution is 1.03. The minimum Gasteiger partial charge on any atom is -0.255 e. The molecule has 0 fully saturated rings. The van der Waals surface area contributed by atoms with E-state index in [1.807, 2.05) is 24.3 Å². The SMILES string of the molecule is Cc1nc(C#N)cc(-c2ccccn2)n1. The maximum absolute atomic E-state index is 8.77. The van der Waals surface area contributed by atoms with Crippen LogP contribution in [0.1, 0.15) is 11.5 Å². The van der Waals surface area contributed by atoms with Crippen molar-refractivity contribution in [1.82, 2.24) is 15.0 Å². The maximum atomic E-state index is 8.77. The highest BCUT2D eigenvalue weighted by atomic mass is 14.9. The third-order valence-electron chi connectivity index (χ3n) is 1.88. The highest BCUT2D eigenvalue weighted by molar-refractivity contribution is 5.55. The Morgan fingerprint density at radius 1 is 1.20 bits per heavy atom. The number of hydrogen-bond donors (Lipinski definition) is 0. The van der Waals surface area contributed by atoms with Crippen LogP contribution in [0.2, 0.25) is 0 Å². The third kappa shape index (κ3) is 1.97. The second-order valence-electron chi connectivity index (χ2n) is 3.01. The average Bonchev–Trinajstić information content (AvgIpc) is 2.29. The van der Waals surface area contributed by atoms with E-state index >= 15 is 0 Å². The highest BCUT2D eigenvalue weighted by Crippen LogP contribution is 2.13. The maximum Gasteiger partial charge on any atom is 0.144 e. The number of hydrogen-bond acceptors (Lipinski definition) is 4. The molecule has 0 spiro atoms. The van der Waals surface area contributed by atoms with E-state index in [0.717, 1.165) is 5.69 Å². The summed E-state index contributed by atoms with van der Waals surface area (Å²) in [5.41, 5.74) is 1.79. The van der Waals surface area contributed by atoms with Crippen LogP contribution in [0, 0.1) is 18.3 Å². The second-order valence-corrected chi connectivity index (χ2v) is 3.01. The van der Waals surface area contributed by atoms with Crippen molar-refractivity contribution in [2.45, 2.75) is 6.92 Å². The molecule has 0 atom stereocenters. The van der Waals surface area contributed by atoms with Gasteiger partial charge < -0.3 is 0 Å². The zero-order valence-corrected chi connectivity index (χ0v) is 8.18. The second kappa shape index (κ2) is 3.84. The first-order valence-corrected chi connectivity index (χ1v) is 4.47. The van der Waals surface area contributed by atoms with Crippen LogP contribution in [0.25, 0.3) is 11.4 Å². The Labute approximate surface area is 87.3 Å². The molecule has 0 saturated carbocycles. The van der Waals surface area contributed by atoms with Gasteiger partial charge in [0.05, 0.1) is 11.4 Å². The van der Waals surface area contributed by atoms with Crippen LogP contribution >= 0.6 is 0 Å². The van der Waals surface area contributed by atoms with Gasteiger partial charge in [0.1, 0.15) is 17.6 Å². The van der Waals surface area contributed by atoms with Crippen molar-refractivity contribution in [2.75, 3.05) is 0 Å². The first-order valence-electron chi connectivity index (χ1n) is 4.47. The zero-order valence-electron chi connectivity index (χ0n) is 8.18. The minimum absolute atomic E-state index is 0.364. The Morgan fingerprint density at radius 3 is 2.73 bits per heavy atom. The van der Waals surface area contributed by atoms with Crippen molar-refractivity contribution in [3.8, 4) is 17.5 Å². The quantitative estimate of drug-likeness (QED) is 0.696. The van der Waals surface area contributed by atoms with Crippen molar-refractivity contribution in [3.63, 3.8) is 0 Å². The smallest absolute Gasteiger partial charge is 0.144 e. The molecule has 0 N–H and O–H groups in total. The van der Waals surface area contributed by atoms with Gasteiger partial charge in [0.15, 0.2) is 0 Å². The molecule has 0 amide bonds. The number of aromatic nitrogens is 3. The summed E-state index contributed by atoms with van der Waals surface area (Å²) in [6.45, 7) is 1.76. The Balaban J connectivity index is 2.55. The number of pyridine rings is 1. The summed E-state index contributed by atoms with van der Waals surface area (Å²) in [5.74, 6) is 0.578. The van der Waals surface area contributed by atoms with E-state index in [4.69, 9.17) is 5.26 Å². The van der Waals surface area contributed by atoms with E-state index in [1.54, 1.807) is 19.2 Å². The lowest BCUT2D eigenvalue weighted by Gasteiger charge is -2.00. The molecule has 72 valence electrons. The predicted molar refractivity (Wildman–Crippen MR) is 54.7 cm³/mol. The zero-order chi connectivity index (χ0) is 10.7. The summed E-state index contributed by atoms with van der Waals surface area (Å²) in [6, 6.07) is 9.20. The first kappa shape index (κ1) is 9.28. The average molecular weight is 196 g/mol. The number of nitrogens with zero attached hydrogens (tertiary/aromatic N) is 4. The molecule has 4 nitrogen and oxygen atoms in total. The van der Waals surface area contributed by atoms with Crippen LogP contribution in [0.15, 0.2) is 30.5 Å². The van der Waals surface area contributed by atoms with Crippen molar-refractivity contribution >= 4 is 0 Å². The lowest BCUT2D eigenvalue weighted by atomic mass is 10.2. The van der Waals surface area contributed by atoms with Gasteiger partial charge >= 0.3 is 0 Å². The van der Waals surface area contributed by atoms with Gasteiger partial charge in [-0.15, -0.1) is 0 Å². The topological polar surface area (TPSA) is 62.5 Å². The fourth-order valence-corrected chi connectivity index (χ4v) is 1.27. The van der Waals surface area contributed by atoms with E-state index in [-0.39, 0.29) is 0 Å². The van der Waals surface area contributed by atoms with Gasteiger partial charge in [-0.05, 0) is 19.1 Å². The molecule has 0 aromatic carbocycles. The van der Waals surface area contributed by atoms with Crippen LogP contribution < -0.4 is 0 Å². The molecule has 2 aromatic rings. The molecule has 2 rings (SSSR count). The van der Waals surface area contributed by atoms with E-state index in [1.165, 1.54) is 0 Å². The molecule has 0 aliphatic carbocycles. The van der Waals surface area contributed by atoms with Crippen molar-refractivity contribution in [2.24, 2.45) is 0 Å². The monoisotopic (exact) mass is 196 g/mol. The van der Waals surface area contributed by atoms with Gasteiger partial charge in [-0.2, -0.15) is 5.26 Å². The van der Waals surface area contributed by atoms with Gasteiger partial charge in [-0.25, -0.2) is 9.97 Å². The molecular formula is C11H8N4. The minimum atomic E-state index is 0.364. The van der Waals surface area contributed by atoms with Crippen LogP contribution in [0.5, 0.6) is 0 Å². The third-order valence-corrected chi connectivity index (χ3v) is 1.88. The van der Waals surface area contributed by atoms with Gasteiger partial charge in [-0.3, -0.25) is 4.98 Å². The molecule has 0 aliphatic heterocycles. The van der Waals surface area contributed by atoms with Crippen LogP contribution in [0.3, 0.4) is 0 Å². The Kier molecular flexibility index (Phi) is 2.38. The lowest BCUT2D eigenvalue weighted by Crippen LogP contribution is -1.95. The van der Waals surface area contributed by atoms with Crippen LogP contribution in [-0.4, -0.2) is 15.0 Å². The molecule has 15 heavy (non-hydrogen) atoms. The predicted octanol–water partition coefficient (Wildman–Crippen LogP) is 1.72. The van der Waals surface area contributed by atoms with E-state index < -0.39 is 0 Å². The first-order chi connectivity index (χ1) is 7.29.